The third-order valence-electron chi connectivity index (χ3n) is 3.68. The van der Waals surface area contributed by atoms with Crippen LogP contribution in [0.5, 0.6) is 0 Å². The lowest BCUT2D eigenvalue weighted by atomic mass is 9.77. The zero-order valence-corrected chi connectivity index (χ0v) is 10.8. The zero-order chi connectivity index (χ0) is 12.4. The minimum absolute atomic E-state index is 0.235. The van der Waals surface area contributed by atoms with E-state index in [2.05, 4.69) is 72.9 Å². The monoisotopic (exact) mass is 254 g/mol. The first-order valence-electron chi connectivity index (χ1n) is 6.26. The Morgan fingerprint density at radius 1 is 0.722 bits per heavy atom. The van der Waals surface area contributed by atoms with Crippen LogP contribution in [0.15, 0.2) is 78.9 Å². The number of hydrogen-bond donors (Lipinski definition) is 0. The molecule has 0 saturated heterocycles. The van der Waals surface area contributed by atoms with E-state index in [9.17, 15) is 0 Å². The van der Waals surface area contributed by atoms with Gasteiger partial charge in [0.25, 0.3) is 0 Å². The molecule has 90 valence electrons. The highest BCUT2D eigenvalue weighted by molar-refractivity contribution is 6.25. The fourth-order valence-electron chi connectivity index (χ4n) is 2.72. The van der Waals surface area contributed by atoms with Crippen molar-refractivity contribution in [2.75, 3.05) is 0 Å². The Hall–Kier alpha value is -1.53. The maximum absolute atomic E-state index is 7.07. The molecule has 2 aliphatic carbocycles. The number of alkyl halides is 1. The summed E-state index contributed by atoms with van der Waals surface area (Å²) in [6.45, 7) is 0. The van der Waals surface area contributed by atoms with Gasteiger partial charge in [0.2, 0.25) is 0 Å². The lowest BCUT2D eigenvalue weighted by molar-refractivity contribution is 0.456. The lowest BCUT2D eigenvalue weighted by Gasteiger charge is -2.36. The van der Waals surface area contributed by atoms with Crippen LogP contribution in [0.1, 0.15) is 5.56 Å². The molecule has 0 atom stereocenters. The summed E-state index contributed by atoms with van der Waals surface area (Å²) in [4.78, 5) is -0.422. The Morgan fingerprint density at radius 3 is 1.61 bits per heavy atom. The quantitative estimate of drug-likeness (QED) is 0.692. The highest BCUT2D eigenvalue weighted by atomic mass is 35.5. The summed E-state index contributed by atoms with van der Waals surface area (Å²) >= 11 is 7.07. The van der Waals surface area contributed by atoms with Crippen LogP contribution < -0.4 is 0 Å². The highest BCUT2D eigenvalue weighted by Gasteiger charge is 2.42. The van der Waals surface area contributed by atoms with Crippen LogP contribution in [0.2, 0.25) is 0 Å². The van der Waals surface area contributed by atoms with Crippen molar-refractivity contribution in [3.8, 4) is 0 Å². The molecule has 1 aromatic carbocycles. The minimum Gasteiger partial charge on any atom is -0.112 e. The van der Waals surface area contributed by atoms with Gasteiger partial charge in [0.05, 0.1) is 4.87 Å². The molecule has 0 saturated carbocycles. The molecule has 0 amide bonds. The Balaban J connectivity index is 2.08. The van der Waals surface area contributed by atoms with Gasteiger partial charge in [-0.25, -0.2) is 0 Å². The number of benzene rings is 1. The van der Waals surface area contributed by atoms with Gasteiger partial charge in [-0.15, -0.1) is 11.6 Å². The van der Waals surface area contributed by atoms with E-state index in [-0.39, 0.29) is 11.8 Å². The molecule has 0 N–H and O–H groups in total. The predicted molar refractivity (Wildman–Crippen MR) is 77.5 cm³/mol. The maximum Gasteiger partial charge on any atom is 0.0888 e. The maximum atomic E-state index is 7.07. The summed E-state index contributed by atoms with van der Waals surface area (Å²) in [5.74, 6) is 0.470. The van der Waals surface area contributed by atoms with E-state index in [1.54, 1.807) is 0 Å². The van der Waals surface area contributed by atoms with Crippen molar-refractivity contribution in [2.24, 2.45) is 11.8 Å². The fraction of sp³-hybridized carbons (Fsp3) is 0.176. The number of allylic oxidation sites excluding steroid dienone is 8. The molecule has 0 radical (unpaired) electrons. The lowest BCUT2D eigenvalue weighted by Crippen LogP contribution is -2.33. The van der Waals surface area contributed by atoms with Gasteiger partial charge in [-0.05, 0) is 5.56 Å². The molecule has 18 heavy (non-hydrogen) atoms. The van der Waals surface area contributed by atoms with Crippen LogP contribution in [0, 0.1) is 11.8 Å². The number of hydrogen-bond acceptors (Lipinski definition) is 0. The largest absolute Gasteiger partial charge is 0.112 e. The van der Waals surface area contributed by atoms with Gasteiger partial charge in [0.1, 0.15) is 0 Å². The minimum atomic E-state index is -0.422. The van der Waals surface area contributed by atoms with Gasteiger partial charge in [-0.3, -0.25) is 0 Å². The van der Waals surface area contributed by atoms with Gasteiger partial charge >= 0.3 is 0 Å². The standard InChI is InChI=1S/C17H15Cl/c18-17(15-10-4-5-11-15,16-12-6-7-13-16)14-8-2-1-3-9-14/h1-13,15-16H. The topological polar surface area (TPSA) is 0 Å². The van der Waals surface area contributed by atoms with Crippen LogP contribution in [-0.2, 0) is 4.87 Å². The van der Waals surface area contributed by atoms with E-state index in [4.69, 9.17) is 11.6 Å². The van der Waals surface area contributed by atoms with Gasteiger partial charge in [0.15, 0.2) is 0 Å². The third kappa shape index (κ3) is 1.77. The zero-order valence-electron chi connectivity index (χ0n) is 10.0. The smallest absolute Gasteiger partial charge is 0.0888 e. The van der Waals surface area contributed by atoms with Crippen molar-refractivity contribution in [1.29, 1.82) is 0 Å². The number of rotatable bonds is 3. The molecule has 0 nitrogen and oxygen atoms in total. The van der Waals surface area contributed by atoms with Crippen LogP contribution in [0.4, 0.5) is 0 Å². The molecule has 0 spiro atoms. The first-order valence-corrected chi connectivity index (χ1v) is 6.64. The summed E-state index contributed by atoms with van der Waals surface area (Å²) in [6.07, 6.45) is 17.0. The molecule has 1 aromatic rings. The van der Waals surface area contributed by atoms with Crippen molar-refractivity contribution in [3.63, 3.8) is 0 Å². The molecule has 0 aliphatic heterocycles. The van der Waals surface area contributed by atoms with Crippen molar-refractivity contribution in [2.45, 2.75) is 4.87 Å². The summed E-state index contributed by atoms with van der Waals surface area (Å²) < 4.78 is 0. The van der Waals surface area contributed by atoms with Crippen molar-refractivity contribution >= 4 is 11.6 Å². The Labute approximate surface area is 113 Å². The summed E-state index contributed by atoms with van der Waals surface area (Å²) in [7, 11) is 0. The molecule has 0 unspecified atom stereocenters. The Bertz CT molecular complexity index is 482. The van der Waals surface area contributed by atoms with Crippen molar-refractivity contribution in [1.82, 2.24) is 0 Å². The molecular weight excluding hydrogens is 240 g/mol. The summed E-state index contributed by atoms with van der Waals surface area (Å²) in [5, 5.41) is 0. The molecule has 0 bridgehead atoms. The average Bonchev–Trinajstić information content (AvgIpc) is 3.12. The van der Waals surface area contributed by atoms with E-state index < -0.39 is 4.87 Å². The molecule has 0 fully saturated rings. The second-order valence-electron chi connectivity index (χ2n) is 4.73. The Kier molecular flexibility index (Phi) is 2.97. The van der Waals surface area contributed by atoms with Gasteiger partial charge < -0.3 is 0 Å². The summed E-state index contributed by atoms with van der Waals surface area (Å²) in [5.41, 5.74) is 1.18. The third-order valence-corrected chi connectivity index (χ3v) is 4.40. The van der Waals surface area contributed by atoms with E-state index >= 15 is 0 Å². The normalized spacial score (nSPS) is 19.2. The van der Waals surface area contributed by atoms with Gasteiger partial charge in [0, 0.05) is 11.8 Å². The first kappa shape index (κ1) is 11.6. The molecule has 3 rings (SSSR count). The predicted octanol–water partition coefficient (Wildman–Crippen LogP) is 4.61. The van der Waals surface area contributed by atoms with E-state index in [1.165, 1.54) is 5.56 Å². The first-order chi connectivity index (χ1) is 8.82. The van der Waals surface area contributed by atoms with E-state index in [0.717, 1.165) is 0 Å². The van der Waals surface area contributed by atoms with Crippen LogP contribution >= 0.6 is 11.6 Å². The van der Waals surface area contributed by atoms with E-state index in [1.807, 2.05) is 6.07 Å². The highest BCUT2D eigenvalue weighted by Crippen LogP contribution is 2.48. The van der Waals surface area contributed by atoms with Crippen molar-refractivity contribution in [3.05, 3.63) is 84.5 Å². The average molecular weight is 255 g/mol. The second kappa shape index (κ2) is 4.62. The fourth-order valence-corrected chi connectivity index (χ4v) is 3.14. The molecule has 1 heteroatoms. The van der Waals surface area contributed by atoms with Gasteiger partial charge in [-0.2, -0.15) is 0 Å². The van der Waals surface area contributed by atoms with Gasteiger partial charge in [-0.1, -0.05) is 78.9 Å². The second-order valence-corrected chi connectivity index (χ2v) is 5.35. The van der Waals surface area contributed by atoms with E-state index in [0.29, 0.717) is 0 Å². The van der Waals surface area contributed by atoms with Crippen LogP contribution in [0.25, 0.3) is 0 Å². The molecule has 0 heterocycles. The van der Waals surface area contributed by atoms with Crippen molar-refractivity contribution < 1.29 is 0 Å². The Morgan fingerprint density at radius 2 is 1.17 bits per heavy atom. The van der Waals surface area contributed by atoms with Crippen LogP contribution in [0.3, 0.4) is 0 Å². The SMILES string of the molecule is ClC(c1ccccc1)(C1C=CC=C1)C1C=CC=C1. The molecule has 2 aliphatic rings. The molecular formula is C17H15Cl. The molecule has 0 aromatic heterocycles. The number of halogens is 1. The summed E-state index contributed by atoms with van der Waals surface area (Å²) in [6, 6.07) is 10.4. The van der Waals surface area contributed by atoms with Crippen LogP contribution in [-0.4, -0.2) is 0 Å².